The van der Waals surface area contributed by atoms with E-state index in [1.807, 2.05) is 12.1 Å². The molecule has 0 aromatic heterocycles. The molecule has 1 amide bonds. The summed E-state index contributed by atoms with van der Waals surface area (Å²) in [6, 6.07) is 19.1. The van der Waals surface area contributed by atoms with E-state index in [0.717, 1.165) is 0 Å². The average molecular weight is 294 g/mol. The molecule has 5 heteroatoms. The van der Waals surface area contributed by atoms with Crippen LogP contribution in [0.1, 0.15) is 10.4 Å². The number of benzene rings is 2. The van der Waals surface area contributed by atoms with E-state index in [-0.39, 0.29) is 6.54 Å². The maximum absolute atomic E-state index is 12.2. The summed E-state index contributed by atoms with van der Waals surface area (Å²) < 4.78 is 5.00. The fraction of sp³-hybridized carbons (Fsp3) is 0.118. The zero-order chi connectivity index (χ0) is 15.8. The summed E-state index contributed by atoms with van der Waals surface area (Å²) in [5, 5.41) is 8.85. The number of esters is 1. The predicted octanol–water partition coefficient (Wildman–Crippen LogP) is 2.40. The van der Waals surface area contributed by atoms with Crippen LogP contribution in [0.15, 0.2) is 60.7 Å². The minimum atomic E-state index is -0.570. The van der Waals surface area contributed by atoms with Gasteiger partial charge in [0, 0.05) is 5.69 Å². The third-order valence-electron chi connectivity index (χ3n) is 2.93. The van der Waals surface area contributed by atoms with Crippen molar-refractivity contribution in [3.63, 3.8) is 0 Å². The van der Waals surface area contributed by atoms with Crippen molar-refractivity contribution in [3.8, 4) is 6.07 Å². The Labute approximate surface area is 128 Å². The van der Waals surface area contributed by atoms with Crippen molar-refractivity contribution in [1.82, 2.24) is 0 Å². The van der Waals surface area contributed by atoms with Gasteiger partial charge < -0.3 is 4.74 Å². The van der Waals surface area contributed by atoms with E-state index in [1.54, 1.807) is 54.6 Å². The zero-order valence-corrected chi connectivity index (χ0v) is 11.8. The number of hydrogen-bond acceptors (Lipinski definition) is 4. The largest absolute Gasteiger partial charge is 0.452 e. The summed E-state index contributed by atoms with van der Waals surface area (Å²) in [6.45, 7) is -0.518. The van der Waals surface area contributed by atoms with Crippen LogP contribution >= 0.6 is 0 Å². The molecular formula is C17H14N2O3. The van der Waals surface area contributed by atoms with Crippen molar-refractivity contribution in [2.45, 2.75) is 0 Å². The van der Waals surface area contributed by atoms with Crippen LogP contribution in [0.4, 0.5) is 5.69 Å². The van der Waals surface area contributed by atoms with Crippen LogP contribution in [0.2, 0.25) is 0 Å². The van der Waals surface area contributed by atoms with Crippen molar-refractivity contribution in [2.75, 3.05) is 18.1 Å². The van der Waals surface area contributed by atoms with Gasteiger partial charge in [-0.2, -0.15) is 5.26 Å². The maximum atomic E-state index is 12.2. The molecule has 0 N–H and O–H groups in total. The van der Waals surface area contributed by atoms with E-state index in [1.165, 1.54) is 4.90 Å². The maximum Gasteiger partial charge on any atom is 0.338 e. The van der Waals surface area contributed by atoms with Gasteiger partial charge in [-0.05, 0) is 24.3 Å². The van der Waals surface area contributed by atoms with Crippen LogP contribution in [-0.2, 0) is 9.53 Å². The minimum absolute atomic E-state index is 0.105. The second kappa shape index (κ2) is 7.60. The standard InChI is InChI=1S/C17H14N2O3/c18-11-12-19(15-9-5-2-6-10-15)16(20)13-22-17(21)14-7-3-1-4-8-14/h1-10H,12-13H2. The Bertz CT molecular complexity index is 678. The summed E-state index contributed by atoms with van der Waals surface area (Å²) in [5.41, 5.74) is 0.964. The van der Waals surface area contributed by atoms with Gasteiger partial charge in [-0.25, -0.2) is 4.79 Å². The second-order valence-corrected chi connectivity index (χ2v) is 4.42. The number of amides is 1. The van der Waals surface area contributed by atoms with E-state index >= 15 is 0 Å². The fourth-order valence-corrected chi connectivity index (χ4v) is 1.86. The molecule has 110 valence electrons. The van der Waals surface area contributed by atoms with E-state index in [0.29, 0.717) is 11.3 Å². The lowest BCUT2D eigenvalue weighted by molar-refractivity contribution is -0.121. The molecule has 0 radical (unpaired) electrons. The van der Waals surface area contributed by atoms with Crippen LogP contribution < -0.4 is 4.90 Å². The number of nitrogens with zero attached hydrogens (tertiary/aromatic N) is 2. The number of para-hydroxylation sites is 1. The van der Waals surface area contributed by atoms with E-state index in [2.05, 4.69) is 0 Å². The normalized spacial score (nSPS) is 9.59. The number of nitriles is 1. The van der Waals surface area contributed by atoms with Gasteiger partial charge >= 0.3 is 5.97 Å². The Kier molecular flexibility index (Phi) is 5.27. The lowest BCUT2D eigenvalue weighted by Gasteiger charge is -2.19. The first-order valence-electron chi connectivity index (χ1n) is 6.67. The van der Waals surface area contributed by atoms with Crippen LogP contribution in [0.5, 0.6) is 0 Å². The van der Waals surface area contributed by atoms with Crippen molar-refractivity contribution in [1.29, 1.82) is 5.26 Å². The molecule has 5 nitrogen and oxygen atoms in total. The molecule has 0 unspecified atom stereocenters. The summed E-state index contributed by atoms with van der Waals surface area (Å²) in [4.78, 5) is 25.3. The van der Waals surface area contributed by atoms with E-state index in [4.69, 9.17) is 10.00 Å². The Hall–Kier alpha value is -3.13. The van der Waals surface area contributed by atoms with Crippen LogP contribution in [-0.4, -0.2) is 25.0 Å². The molecule has 0 heterocycles. The lowest BCUT2D eigenvalue weighted by atomic mass is 10.2. The van der Waals surface area contributed by atoms with Crippen LogP contribution in [0.25, 0.3) is 0 Å². The van der Waals surface area contributed by atoms with Crippen molar-refractivity contribution in [3.05, 3.63) is 66.2 Å². The van der Waals surface area contributed by atoms with Gasteiger partial charge in [0.25, 0.3) is 5.91 Å². The molecule has 0 aliphatic rings. The summed E-state index contributed by atoms with van der Waals surface area (Å²) in [6.07, 6.45) is 0. The monoisotopic (exact) mass is 294 g/mol. The molecule has 0 aliphatic heterocycles. The molecule has 2 rings (SSSR count). The summed E-state index contributed by atoms with van der Waals surface area (Å²) >= 11 is 0. The van der Waals surface area contributed by atoms with Gasteiger partial charge in [-0.1, -0.05) is 36.4 Å². The first kappa shape index (κ1) is 15.3. The highest BCUT2D eigenvalue weighted by Crippen LogP contribution is 2.13. The quantitative estimate of drug-likeness (QED) is 0.627. The Morgan fingerprint density at radius 1 is 1.00 bits per heavy atom. The molecular weight excluding hydrogens is 280 g/mol. The molecule has 2 aromatic rings. The number of anilines is 1. The fourth-order valence-electron chi connectivity index (χ4n) is 1.86. The zero-order valence-electron chi connectivity index (χ0n) is 11.8. The molecule has 0 saturated carbocycles. The van der Waals surface area contributed by atoms with Gasteiger partial charge in [0.05, 0.1) is 11.6 Å². The number of carbonyl (C=O) groups excluding carboxylic acids is 2. The summed E-state index contributed by atoms with van der Waals surface area (Å²) in [5.74, 6) is -1.02. The third kappa shape index (κ3) is 3.93. The molecule has 0 atom stereocenters. The first-order valence-corrected chi connectivity index (χ1v) is 6.67. The van der Waals surface area contributed by atoms with Gasteiger partial charge in [-0.15, -0.1) is 0 Å². The molecule has 0 fully saturated rings. The van der Waals surface area contributed by atoms with Gasteiger partial charge in [0.15, 0.2) is 6.61 Å². The van der Waals surface area contributed by atoms with Gasteiger partial charge in [0.2, 0.25) is 0 Å². The third-order valence-corrected chi connectivity index (χ3v) is 2.93. The highest BCUT2D eigenvalue weighted by atomic mass is 16.5. The molecule has 0 bridgehead atoms. The van der Waals surface area contributed by atoms with Crippen molar-refractivity contribution in [2.24, 2.45) is 0 Å². The Balaban J connectivity index is 2.01. The number of hydrogen-bond donors (Lipinski definition) is 0. The SMILES string of the molecule is N#CCN(C(=O)COC(=O)c1ccccc1)c1ccccc1. The summed E-state index contributed by atoms with van der Waals surface area (Å²) in [7, 11) is 0. The Morgan fingerprint density at radius 3 is 2.18 bits per heavy atom. The number of rotatable bonds is 5. The average Bonchev–Trinajstić information content (AvgIpc) is 2.58. The first-order chi connectivity index (χ1) is 10.7. The van der Waals surface area contributed by atoms with Crippen molar-refractivity contribution < 1.29 is 14.3 Å². The Morgan fingerprint density at radius 2 is 1.59 bits per heavy atom. The van der Waals surface area contributed by atoms with Crippen molar-refractivity contribution >= 4 is 17.6 Å². The molecule has 0 spiro atoms. The van der Waals surface area contributed by atoms with Gasteiger partial charge in [0.1, 0.15) is 6.54 Å². The number of carbonyl (C=O) groups is 2. The molecule has 2 aromatic carbocycles. The van der Waals surface area contributed by atoms with E-state index < -0.39 is 18.5 Å². The smallest absolute Gasteiger partial charge is 0.338 e. The van der Waals surface area contributed by atoms with E-state index in [9.17, 15) is 9.59 Å². The predicted molar refractivity (Wildman–Crippen MR) is 81.1 cm³/mol. The topological polar surface area (TPSA) is 70.4 Å². The van der Waals surface area contributed by atoms with Gasteiger partial charge in [-0.3, -0.25) is 9.69 Å². The number of ether oxygens (including phenoxy) is 1. The van der Waals surface area contributed by atoms with Crippen LogP contribution in [0.3, 0.4) is 0 Å². The second-order valence-electron chi connectivity index (χ2n) is 4.42. The lowest BCUT2D eigenvalue weighted by Crippen LogP contribution is -2.35. The molecule has 0 saturated heterocycles. The highest BCUT2D eigenvalue weighted by molar-refractivity contribution is 5.97. The highest BCUT2D eigenvalue weighted by Gasteiger charge is 2.17. The molecule has 22 heavy (non-hydrogen) atoms. The minimum Gasteiger partial charge on any atom is -0.452 e. The van der Waals surface area contributed by atoms with Crippen LogP contribution in [0, 0.1) is 11.3 Å². The molecule has 0 aliphatic carbocycles.